The third-order valence-electron chi connectivity index (χ3n) is 3.13. The van der Waals surface area contributed by atoms with E-state index in [0.717, 1.165) is 35.9 Å². The van der Waals surface area contributed by atoms with Gasteiger partial charge in [0.05, 0.1) is 28.5 Å². The van der Waals surface area contributed by atoms with Crippen molar-refractivity contribution in [2.75, 3.05) is 11.9 Å². The second-order valence-electron chi connectivity index (χ2n) is 4.62. The average molecular weight is 277 g/mol. The molecule has 19 heavy (non-hydrogen) atoms. The zero-order chi connectivity index (χ0) is 13.2. The summed E-state index contributed by atoms with van der Waals surface area (Å²) < 4.78 is 5.67. The minimum Gasteiger partial charge on any atom is -0.492 e. The molecule has 3 rings (SSSR count). The molecule has 1 aliphatic rings. The molecule has 0 bridgehead atoms. The largest absolute Gasteiger partial charge is 0.492 e. The van der Waals surface area contributed by atoms with Gasteiger partial charge in [0.15, 0.2) is 0 Å². The Morgan fingerprint density at radius 1 is 1.68 bits per heavy atom. The zero-order valence-electron chi connectivity index (χ0n) is 10.6. The van der Waals surface area contributed by atoms with Crippen molar-refractivity contribution in [3.8, 4) is 5.75 Å². The standard InChI is InChI=1S/C13H15N3O2S/c1-8(17)16-12-5-11-13(19-12)9(2-3-18-11)4-10-6-14-7-15-10/h5-7,9H,2-4H2,1H3,(H,14,15)(H,16,17). The van der Waals surface area contributed by atoms with Gasteiger partial charge in [0, 0.05) is 25.1 Å². The van der Waals surface area contributed by atoms with E-state index in [-0.39, 0.29) is 5.91 Å². The molecule has 100 valence electrons. The third-order valence-corrected chi connectivity index (χ3v) is 4.32. The Hall–Kier alpha value is -1.82. The Labute approximate surface area is 115 Å². The minimum absolute atomic E-state index is 0.0533. The quantitative estimate of drug-likeness (QED) is 0.906. The molecule has 0 aromatic carbocycles. The first kappa shape index (κ1) is 12.2. The van der Waals surface area contributed by atoms with E-state index in [1.54, 1.807) is 17.7 Å². The molecule has 2 aromatic rings. The van der Waals surface area contributed by atoms with Crippen LogP contribution < -0.4 is 10.1 Å². The summed E-state index contributed by atoms with van der Waals surface area (Å²) in [4.78, 5) is 19.6. The zero-order valence-corrected chi connectivity index (χ0v) is 11.4. The van der Waals surface area contributed by atoms with Crippen LogP contribution in [-0.4, -0.2) is 22.5 Å². The number of amides is 1. The Morgan fingerprint density at radius 3 is 3.32 bits per heavy atom. The molecule has 1 unspecified atom stereocenters. The van der Waals surface area contributed by atoms with Crippen molar-refractivity contribution < 1.29 is 9.53 Å². The normalized spacial score (nSPS) is 17.6. The lowest BCUT2D eigenvalue weighted by molar-refractivity contribution is -0.114. The Kier molecular flexibility index (Phi) is 3.25. The smallest absolute Gasteiger partial charge is 0.221 e. The van der Waals surface area contributed by atoms with Crippen LogP contribution in [0.3, 0.4) is 0 Å². The van der Waals surface area contributed by atoms with Gasteiger partial charge in [-0.2, -0.15) is 0 Å². The number of carbonyl (C=O) groups is 1. The number of anilines is 1. The van der Waals surface area contributed by atoms with E-state index in [4.69, 9.17) is 4.74 Å². The molecule has 6 heteroatoms. The number of hydrogen-bond acceptors (Lipinski definition) is 4. The summed E-state index contributed by atoms with van der Waals surface area (Å²) in [5, 5.41) is 3.67. The number of aromatic nitrogens is 2. The fraction of sp³-hybridized carbons (Fsp3) is 0.385. The molecule has 0 fully saturated rings. The number of carbonyl (C=O) groups excluding carboxylic acids is 1. The van der Waals surface area contributed by atoms with Crippen molar-refractivity contribution >= 4 is 22.2 Å². The maximum atomic E-state index is 11.1. The van der Waals surface area contributed by atoms with Crippen molar-refractivity contribution in [3.63, 3.8) is 0 Å². The van der Waals surface area contributed by atoms with Gasteiger partial charge >= 0.3 is 0 Å². The summed E-state index contributed by atoms with van der Waals surface area (Å²) in [7, 11) is 0. The topological polar surface area (TPSA) is 67.0 Å². The molecular formula is C13H15N3O2S. The van der Waals surface area contributed by atoms with Gasteiger partial charge in [-0.3, -0.25) is 4.79 Å². The van der Waals surface area contributed by atoms with Crippen molar-refractivity contribution in [1.82, 2.24) is 9.97 Å². The molecule has 2 aromatic heterocycles. The number of nitrogens with one attached hydrogen (secondary N) is 2. The Bertz CT molecular complexity index is 577. The van der Waals surface area contributed by atoms with Crippen LogP contribution in [0.2, 0.25) is 0 Å². The van der Waals surface area contributed by atoms with E-state index < -0.39 is 0 Å². The number of ether oxygens (including phenoxy) is 1. The van der Waals surface area contributed by atoms with Gasteiger partial charge in [-0.15, -0.1) is 11.3 Å². The van der Waals surface area contributed by atoms with Gasteiger partial charge in [-0.25, -0.2) is 4.98 Å². The number of nitrogens with zero attached hydrogens (tertiary/aromatic N) is 1. The van der Waals surface area contributed by atoms with Gasteiger partial charge in [0.2, 0.25) is 5.91 Å². The second-order valence-corrected chi connectivity index (χ2v) is 5.70. The van der Waals surface area contributed by atoms with Crippen LogP contribution in [-0.2, 0) is 11.2 Å². The number of fused-ring (bicyclic) bond motifs is 1. The molecule has 1 atom stereocenters. The fourth-order valence-electron chi connectivity index (χ4n) is 2.31. The number of imidazole rings is 1. The predicted octanol–water partition coefficient (Wildman–Crippen LogP) is 2.54. The molecule has 1 aliphatic heterocycles. The number of thiophene rings is 1. The van der Waals surface area contributed by atoms with Crippen LogP contribution in [0.4, 0.5) is 5.00 Å². The summed E-state index contributed by atoms with van der Waals surface area (Å²) in [5.74, 6) is 1.27. The van der Waals surface area contributed by atoms with Gasteiger partial charge in [-0.05, 0) is 12.8 Å². The average Bonchev–Trinajstić information content (AvgIpc) is 2.97. The maximum absolute atomic E-state index is 11.1. The summed E-state index contributed by atoms with van der Waals surface area (Å²) in [6.45, 7) is 2.24. The number of H-pyrrole nitrogens is 1. The van der Waals surface area contributed by atoms with E-state index in [9.17, 15) is 4.79 Å². The highest BCUT2D eigenvalue weighted by atomic mass is 32.1. The van der Waals surface area contributed by atoms with Gasteiger partial charge in [-0.1, -0.05) is 0 Å². The van der Waals surface area contributed by atoms with Crippen molar-refractivity contribution in [1.29, 1.82) is 0 Å². The van der Waals surface area contributed by atoms with Crippen LogP contribution >= 0.6 is 11.3 Å². The SMILES string of the molecule is CC(=O)Nc1cc2c(s1)C(Cc1c[nH]cn1)CCO2. The summed E-state index contributed by atoms with van der Waals surface area (Å²) in [6.07, 6.45) is 5.52. The first-order valence-corrected chi connectivity index (χ1v) is 7.06. The monoisotopic (exact) mass is 277 g/mol. The highest BCUT2D eigenvalue weighted by molar-refractivity contribution is 7.16. The lowest BCUT2D eigenvalue weighted by Crippen LogP contribution is -2.14. The molecule has 1 amide bonds. The van der Waals surface area contributed by atoms with Crippen LogP contribution in [0.1, 0.15) is 29.8 Å². The Morgan fingerprint density at radius 2 is 2.58 bits per heavy atom. The number of hydrogen-bond donors (Lipinski definition) is 2. The highest BCUT2D eigenvalue weighted by Crippen LogP contribution is 2.43. The van der Waals surface area contributed by atoms with Crippen LogP contribution in [0, 0.1) is 0 Å². The minimum atomic E-state index is -0.0533. The maximum Gasteiger partial charge on any atom is 0.221 e. The summed E-state index contributed by atoms with van der Waals surface area (Å²) >= 11 is 1.60. The van der Waals surface area contributed by atoms with Crippen LogP contribution in [0.25, 0.3) is 0 Å². The first-order chi connectivity index (χ1) is 9.22. The van der Waals surface area contributed by atoms with Crippen molar-refractivity contribution in [3.05, 3.63) is 29.2 Å². The summed E-state index contributed by atoms with van der Waals surface area (Å²) in [5.41, 5.74) is 1.06. The molecule has 0 saturated carbocycles. The van der Waals surface area contributed by atoms with E-state index in [1.165, 1.54) is 11.8 Å². The molecular weight excluding hydrogens is 262 g/mol. The second kappa shape index (κ2) is 5.05. The van der Waals surface area contributed by atoms with Crippen molar-refractivity contribution in [2.24, 2.45) is 0 Å². The predicted molar refractivity (Wildman–Crippen MR) is 73.8 cm³/mol. The number of aromatic amines is 1. The van der Waals surface area contributed by atoms with Crippen molar-refractivity contribution in [2.45, 2.75) is 25.7 Å². The summed E-state index contributed by atoms with van der Waals surface area (Å²) in [6, 6.07) is 1.91. The van der Waals surface area contributed by atoms with E-state index >= 15 is 0 Å². The van der Waals surface area contributed by atoms with E-state index in [0.29, 0.717) is 5.92 Å². The Balaban J connectivity index is 1.82. The molecule has 0 radical (unpaired) electrons. The molecule has 3 heterocycles. The molecule has 0 saturated heterocycles. The third kappa shape index (κ3) is 2.63. The van der Waals surface area contributed by atoms with Gasteiger partial charge < -0.3 is 15.0 Å². The van der Waals surface area contributed by atoms with Gasteiger partial charge in [0.25, 0.3) is 0 Å². The van der Waals surface area contributed by atoms with Crippen LogP contribution in [0.15, 0.2) is 18.6 Å². The highest BCUT2D eigenvalue weighted by Gasteiger charge is 2.25. The molecule has 5 nitrogen and oxygen atoms in total. The van der Waals surface area contributed by atoms with E-state index in [2.05, 4.69) is 15.3 Å². The first-order valence-electron chi connectivity index (χ1n) is 6.24. The fourth-order valence-corrected chi connectivity index (χ4v) is 3.50. The molecule has 0 spiro atoms. The lowest BCUT2D eigenvalue weighted by atomic mass is 9.96. The lowest BCUT2D eigenvalue weighted by Gasteiger charge is -2.21. The van der Waals surface area contributed by atoms with Crippen LogP contribution in [0.5, 0.6) is 5.75 Å². The number of rotatable bonds is 3. The van der Waals surface area contributed by atoms with E-state index in [1.807, 2.05) is 12.3 Å². The molecule has 2 N–H and O–H groups in total. The van der Waals surface area contributed by atoms with Gasteiger partial charge in [0.1, 0.15) is 5.75 Å². The molecule has 0 aliphatic carbocycles.